The molecule has 2 rings (SSSR count). The van der Waals surface area contributed by atoms with Gasteiger partial charge in [0.25, 0.3) is 0 Å². The molecule has 0 radical (unpaired) electrons. The van der Waals surface area contributed by atoms with Crippen molar-refractivity contribution in [3.63, 3.8) is 0 Å². The van der Waals surface area contributed by atoms with Crippen LogP contribution >= 0.6 is 0 Å². The predicted octanol–water partition coefficient (Wildman–Crippen LogP) is 4.52. The van der Waals surface area contributed by atoms with E-state index in [0.717, 1.165) is 0 Å². The van der Waals surface area contributed by atoms with E-state index < -0.39 is 0 Å². The maximum Gasteiger partial charge on any atom is 0.0175 e. The first-order valence-electron chi connectivity index (χ1n) is 7.29. The van der Waals surface area contributed by atoms with E-state index in [1.54, 1.807) is 0 Å². The van der Waals surface area contributed by atoms with Gasteiger partial charge >= 0.3 is 0 Å². The lowest BCUT2D eigenvalue weighted by Gasteiger charge is -1.98. The van der Waals surface area contributed by atoms with Crippen LogP contribution in [0.4, 0.5) is 0 Å². The van der Waals surface area contributed by atoms with E-state index >= 15 is 0 Å². The lowest BCUT2D eigenvalue weighted by atomic mass is 10.2. The van der Waals surface area contributed by atoms with Crippen LogP contribution in [0.1, 0.15) is 45.0 Å². The van der Waals surface area contributed by atoms with Gasteiger partial charge in [-0.1, -0.05) is 0 Å². The molecule has 0 saturated carbocycles. The molecule has 0 saturated heterocycles. The SMILES string of the molecule is Cc1c(C)c(C)n(C)c1C.Cc1c(C)c(C)n(C)c1C. The van der Waals surface area contributed by atoms with E-state index in [1.807, 2.05) is 0 Å². The van der Waals surface area contributed by atoms with E-state index in [9.17, 15) is 0 Å². The third kappa shape index (κ3) is 2.70. The van der Waals surface area contributed by atoms with E-state index in [-0.39, 0.29) is 0 Å². The highest BCUT2D eigenvalue weighted by Crippen LogP contribution is 2.18. The Kier molecular flexibility index (Phi) is 4.90. The molecule has 0 bridgehead atoms. The molecule has 0 unspecified atom stereocenters. The zero-order valence-electron chi connectivity index (χ0n) is 14.9. The Balaban J connectivity index is 0.000000200. The van der Waals surface area contributed by atoms with Gasteiger partial charge in [0.15, 0.2) is 0 Å². The number of hydrogen-bond donors (Lipinski definition) is 0. The van der Waals surface area contributed by atoms with Crippen LogP contribution in [-0.2, 0) is 14.1 Å². The Morgan fingerprint density at radius 3 is 0.600 bits per heavy atom. The van der Waals surface area contributed by atoms with Crippen LogP contribution in [0.2, 0.25) is 0 Å². The summed E-state index contributed by atoms with van der Waals surface area (Å²) in [5.74, 6) is 0. The second-order valence-corrected chi connectivity index (χ2v) is 5.96. The fourth-order valence-corrected chi connectivity index (χ4v) is 2.59. The number of hydrogen-bond acceptors (Lipinski definition) is 0. The molecule has 2 aromatic rings. The molecular weight excluding hydrogens is 244 g/mol. The summed E-state index contributed by atoms with van der Waals surface area (Å²) in [6.07, 6.45) is 0. The lowest BCUT2D eigenvalue weighted by molar-refractivity contribution is 0.838. The fraction of sp³-hybridized carbons (Fsp3) is 0.556. The van der Waals surface area contributed by atoms with Crippen molar-refractivity contribution in [3.05, 3.63) is 45.0 Å². The lowest BCUT2D eigenvalue weighted by Crippen LogP contribution is -1.92. The molecule has 2 heterocycles. The van der Waals surface area contributed by atoms with Gasteiger partial charge in [-0.25, -0.2) is 0 Å². The largest absolute Gasteiger partial charge is 0.352 e. The second-order valence-electron chi connectivity index (χ2n) is 5.96. The van der Waals surface area contributed by atoms with Crippen molar-refractivity contribution in [2.45, 2.75) is 55.4 Å². The minimum Gasteiger partial charge on any atom is -0.352 e. The summed E-state index contributed by atoms with van der Waals surface area (Å²) >= 11 is 0. The average Bonchev–Trinajstić information content (AvgIpc) is 2.71. The smallest absolute Gasteiger partial charge is 0.0175 e. The molecule has 0 aliphatic carbocycles. The maximum absolute atomic E-state index is 2.24. The molecule has 2 aromatic heterocycles. The summed E-state index contributed by atoms with van der Waals surface area (Å²) < 4.78 is 4.48. The van der Waals surface area contributed by atoms with Crippen molar-refractivity contribution in [3.8, 4) is 0 Å². The van der Waals surface area contributed by atoms with Crippen molar-refractivity contribution in [2.24, 2.45) is 14.1 Å². The molecule has 112 valence electrons. The quantitative estimate of drug-likeness (QED) is 0.668. The van der Waals surface area contributed by atoms with Gasteiger partial charge in [-0.3, -0.25) is 0 Å². The third-order valence-electron chi connectivity index (χ3n) is 5.31. The zero-order valence-corrected chi connectivity index (χ0v) is 14.9. The summed E-state index contributed by atoms with van der Waals surface area (Å²) in [6.45, 7) is 17.4. The van der Waals surface area contributed by atoms with Crippen molar-refractivity contribution in [2.75, 3.05) is 0 Å². The highest BCUT2D eigenvalue weighted by molar-refractivity contribution is 5.35. The van der Waals surface area contributed by atoms with Gasteiger partial charge in [-0.15, -0.1) is 0 Å². The molecule has 0 N–H and O–H groups in total. The summed E-state index contributed by atoms with van der Waals surface area (Å²) in [6, 6.07) is 0. The first-order chi connectivity index (χ1) is 9.11. The average molecular weight is 274 g/mol. The highest BCUT2D eigenvalue weighted by Gasteiger charge is 2.06. The summed E-state index contributed by atoms with van der Waals surface area (Å²) in [7, 11) is 4.23. The molecule has 0 aromatic carbocycles. The van der Waals surface area contributed by atoms with E-state index in [1.165, 1.54) is 45.0 Å². The monoisotopic (exact) mass is 274 g/mol. The van der Waals surface area contributed by atoms with Gasteiger partial charge in [0.2, 0.25) is 0 Å². The van der Waals surface area contributed by atoms with Gasteiger partial charge in [0.1, 0.15) is 0 Å². The standard InChI is InChI=1S/2C9H15N/c2*1-6-7(2)9(4)10(5)8(6)3/h2*1-5H3. The Morgan fingerprint density at radius 2 is 0.550 bits per heavy atom. The Hall–Kier alpha value is -1.44. The first-order valence-corrected chi connectivity index (χ1v) is 7.29. The van der Waals surface area contributed by atoms with Crippen LogP contribution in [0.15, 0.2) is 0 Å². The Bertz CT molecular complexity index is 408. The number of nitrogens with zero attached hydrogens (tertiary/aromatic N) is 2. The topological polar surface area (TPSA) is 9.86 Å². The predicted molar refractivity (Wildman–Crippen MR) is 88.7 cm³/mol. The molecular formula is C18H30N2. The second kappa shape index (κ2) is 5.90. The van der Waals surface area contributed by atoms with Crippen molar-refractivity contribution < 1.29 is 0 Å². The maximum atomic E-state index is 2.24. The molecule has 20 heavy (non-hydrogen) atoms. The first kappa shape index (κ1) is 16.6. The van der Waals surface area contributed by atoms with Crippen LogP contribution in [-0.4, -0.2) is 9.13 Å². The van der Waals surface area contributed by atoms with Crippen LogP contribution in [0.5, 0.6) is 0 Å². The Labute approximate surface area is 124 Å². The minimum absolute atomic E-state index is 1.38. The zero-order chi connectivity index (χ0) is 15.8. The van der Waals surface area contributed by atoms with Gasteiger partial charge in [-0.2, -0.15) is 0 Å². The van der Waals surface area contributed by atoms with Crippen LogP contribution in [0, 0.1) is 55.4 Å². The van der Waals surface area contributed by atoms with Crippen LogP contribution in [0.25, 0.3) is 0 Å². The van der Waals surface area contributed by atoms with E-state index in [4.69, 9.17) is 0 Å². The third-order valence-corrected chi connectivity index (χ3v) is 5.31. The van der Waals surface area contributed by atoms with Gasteiger partial charge in [0, 0.05) is 36.9 Å². The molecule has 2 heteroatoms. The minimum atomic E-state index is 1.38. The summed E-state index contributed by atoms with van der Waals surface area (Å²) in [4.78, 5) is 0. The van der Waals surface area contributed by atoms with Crippen molar-refractivity contribution in [1.82, 2.24) is 9.13 Å². The van der Waals surface area contributed by atoms with Crippen LogP contribution < -0.4 is 0 Å². The Morgan fingerprint density at radius 1 is 0.400 bits per heavy atom. The molecule has 0 aliphatic rings. The molecule has 0 atom stereocenters. The summed E-state index contributed by atoms with van der Waals surface area (Å²) in [5.41, 5.74) is 11.3. The van der Waals surface area contributed by atoms with Gasteiger partial charge in [0.05, 0.1) is 0 Å². The number of rotatable bonds is 0. The molecule has 0 amide bonds. The van der Waals surface area contributed by atoms with Crippen LogP contribution in [0.3, 0.4) is 0 Å². The van der Waals surface area contributed by atoms with E-state index in [0.29, 0.717) is 0 Å². The normalized spacial score (nSPS) is 10.5. The molecule has 2 nitrogen and oxygen atoms in total. The molecule has 0 aliphatic heterocycles. The molecule has 0 spiro atoms. The van der Waals surface area contributed by atoms with Crippen molar-refractivity contribution >= 4 is 0 Å². The fourth-order valence-electron chi connectivity index (χ4n) is 2.59. The van der Waals surface area contributed by atoms with Gasteiger partial charge < -0.3 is 9.13 Å². The highest BCUT2D eigenvalue weighted by atomic mass is 15.0. The van der Waals surface area contributed by atoms with Gasteiger partial charge in [-0.05, 0) is 77.6 Å². The van der Waals surface area contributed by atoms with E-state index in [2.05, 4.69) is 78.6 Å². The molecule has 0 fully saturated rings. The van der Waals surface area contributed by atoms with Crippen molar-refractivity contribution in [1.29, 1.82) is 0 Å². The summed E-state index contributed by atoms with van der Waals surface area (Å²) in [5, 5.41) is 0. The number of aromatic nitrogens is 2.